The molecule has 0 aromatic carbocycles. The molecule has 1 rings (SSSR count). The summed E-state index contributed by atoms with van der Waals surface area (Å²) in [5.41, 5.74) is 2.27. The standard InChI is InChI=1S/C18H24N4O5/c1-11-6-14(13(3)22(11)12(2)9-26-5)7-15(8-19)17(24)27-10-16(23)21-18(25)20-4/h6-7,12H,9-10H2,1-5H3,(H2,20,21,23,25)/b15-7+/t12-/m1/s1. The summed E-state index contributed by atoms with van der Waals surface area (Å²) in [7, 11) is 2.96. The van der Waals surface area contributed by atoms with Gasteiger partial charge in [-0.1, -0.05) is 0 Å². The van der Waals surface area contributed by atoms with Crippen LogP contribution < -0.4 is 10.6 Å². The van der Waals surface area contributed by atoms with Crippen molar-refractivity contribution in [2.24, 2.45) is 0 Å². The first-order valence-electron chi connectivity index (χ1n) is 8.22. The number of methoxy groups -OCH3 is 1. The van der Waals surface area contributed by atoms with Gasteiger partial charge in [-0.3, -0.25) is 10.1 Å². The van der Waals surface area contributed by atoms with Gasteiger partial charge in [-0.25, -0.2) is 9.59 Å². The summed E-state index contributed by atoms with van der Waals surface area (Å²) in [6, 6.07) is 3.00. The van der Waals surface area contributed by atoms with Gasteiger partial charge in [-0.15, -0.1) is 0 Å². The van der Waals surface area contributed by atoms with Gasteiger partial charge in [0.25, 0.3) is 5.91 Å². The Kier molecular flexibility index (Phi) is 8.23. The first-order valence-corrected chi connectivity index (χ1v) is 8.22. The Morgan fingerprint density at radius 1 is 1.37 bits per heavy atom. The van der Waals surface area contributed by atoms with E-state index in [-0.39, 0.29) is 11.6 Å². The molecule has 2 N–H and O–H groups in total. The SMILES string of the molecule is CNC(=O)NC(=O)COC(=O)/C(C#N)=C/c1cc(C)n([C@H](C)COC)c1C. The number of nitrogens with one attached hydrogen (secondary N) is 2. The summed E-state index contributed by atoms with van der Waals surface area (Å²) in [4.78, 5) is 34.5. The average molecular weight is 376 g/mol. The summed E-state index contributed by atoms with van der Waals surface area (Å²) in [6.07, 6.45) is 1.41. The Bertz CT molecular complexity index is 788. The van der Waals surface area contributed by atoms with Gasteiger partial charge in [0.1, 0.15) is 11.6 Å². The molecule has 0 aliphatic heterocycles. The fraction of sp³-hybridized carbons (Fsp3) is 0.444. The van der Waals surface area contributed by atoms with Crippen LogP contribution >= 0.6 is 0 Å². The normalized spacial score (nSPS) is 12.1. The third kappa shape index (κ3) is 5.97. The number of nitriles is 1. The highest BCUT2D eigenvalue weighted by atomic mass is 16.5. The lowest BCUT2D eigenvalue weighted by Gasteiger charge is -2.17. The second-order valence-corrected chi connectivity index (χ2v) is 5.87. The topological polar surface area (TPSA) is 122 Å². The van der Waals surface area contributed by atoms with E-state index in [0.29, 0.717) is 12.2 Å². The Morgan fingerprint density at radius 2 is 2.04 bits per heavy atom. The van der Waals surface area contributed by atoms with E-state index in [4.69, 9.17) is 9.47 Å². The van der Waals surface area contributed by atoms with Crippen LogP contribution in [0.4, 0.5) is 4.79 Å². The molecule has 0 bridgehead atoms. The number of esters is 1. The molecule has 0 unspecified atom stereocenters. The number of aromatic nitrogens is 1. The van der Waals surface area contributed by atoms with Gasteiger partial charge >= 0.3 is 12.0 Å². The molecule has 0 spiro atoms. The molecule has 3 amide bonds. The number of rotatable bonds is 7. The lowest BCUT2D eigenvalue weighted by atomic mass is 10.1. The number of carbonyl (C=O) groups excluding carboxylic acids is 3. The van der Waals surface area contributed by atoms with E-state index in [0.717, 1.165) is 11.4 Å². The van der Waals surface area contributed by atoms with Crippen LogP contribution in [-0.2, 0) is 19.1 Å². The van der Waals surface area contributed by atoms with Crippen LogP contribution in [0.25, 0.3) is 6.08 Å². The quantitative estimate of drug-likeness (QED) is 0.419. The van der Waals surface area contributed by atoms with E-state index < -0.39 is 24.5 Å². The maximum absolute atomic E-state index is 12.1. The first-order chi connectivity index (χ1) is 12.7. The molecule has 1 atom stereocenters. The van der Waals surface area contributed by atoms with Gasteiger partial charge in [-0.2, -0.15) is 5.26 Å². The van der Waals surface area contributed by atoms with E-state index in [2.05, 4.69) is 5.32 Å². The summed E-state index contributed by atoms with van der Waals surface area (Å²) in [5, 5.41) is 13.4. The zero-order valence-electron chi connectivity index (χ0n) is 16.1. The molecule has 1 aromatic heterocycles. The van der Waals surface area contributed by atoms with Gasteiger partial charge in [0.05, 0.1) is 12.6 Å². The van der Waals surface area contributed by atoms with Crippen molar-refractivity contribution >= 4 is 24.0 Å². The van der Waals surface area contributed by atoms with E-state index in [9.17, 15) is 19.6 Å². The third-order valence-corrected chi connectivity index (χ3v) is 3.83. The molecule has 9 heteroatoms. The molecule has 0 saturated heterocycles. The molecule has 0 fully saturated rings. The van der Waals surface area contributed by atoms with Crippen LogP contribution in [0.1, 0.15) is 29.9 Å². The molecule has 0 radical (unpaired) electrons. The number of amides is 3. The van der Waals surface area contributed by atoms with Gasteiger partial charge in [0, 0.05) is 25.5 Å². The number of ether oxygens (including phenoxy) is 2. The number of hydrogen-bond acceptors (Lipinski definition) is 6. The van der Waals surface area contributed by atoms with E-state index >= 15 is 0 Å². The molecule has 27 heavy (non-hydrogen) atoms. The van der Waals surface area contributed by atoms with Crippen molar-refractivity contribution in [1.82, 2.24) is 15.2 Å². The van der Waals surface area contributed by atoms with Crippen LogP contribution in [0.15, 0.2) is 11.6 Å². The minimum atomic E-state index is -0.945. The van der Waals surface area contributed by atoms with E-state index in [1.807, 2.05) is 36.7 Å². The van der Waals surface area contributed by atoms with Crippen molar-refractivity contribution in [2.45, 2.75) is 26.8 Å². The van der Waals surface area contributed by atoms with Crippen LogP contribution in [0.3, 0.4) is 0 Å². The van der Waals surface area contributed by atoms with Crippen molar-refractivity contribution in [3.05, 3.63) is 28.6 Å². The highest BCUT2D eigenvalue weighted by Crippen LogP contribution is 2.23. The Balaban J connectivity index is 2.93. The largest absolute Gasteiger partial charge is 0.451 e. The van der Waals surface area contributed by atoms with Crippen molar-refractivity contribution in [1.29, 1.82) is 5.26 Å². The fourth-order valence-electron chi connectivity index (χ4n) is 2.67. The zero-order valence-corrected chi connectivity index (χ0v) is 16.1. The Morgan fingerprint density at radius 3 is 2.59 bits per heavy atom. The minimum absolute atomic E-state index is 0.0862. The molecule has 1 heterocycles. The lowest BCUT2D eigenvalue weighted by molar-refractivity contribution is -0.144. The van der Waals surface area contributed by atoms with Crippen LogP contribution in [0, 0.1) is 25.2 Å². The number of imide groups is 1. The minimum Gasteiger partial charge on any atom is -0.451 e. The summed E-state index contributed by atoms with van der Waals surface area (Å²) in [5.74, 6) is -1.74. The second-order valence-electron chi connectivity index (χ2n) is 5.87. The smallest absolute Gasteiger partial charge is 0.349 e. The molecular formula is C18H24N4O5. The monoisotopic (exact) mass is 376 g/mol. The maximum Gasteiger partial charge on any atom is 0.349 e. The van der Waals surface area contributed by atoms with Gasteiger partial charge in [0.15, 0.2) is 6.61 Å². The Labute approximate surface area is 157 Å². The molecule has 146 valence electrons. The number of urea groups is 1. The molecule has 0 aliphatic carbocycles. The number of hydrogen-bond donors (Lipinski definition) is 2. The van der Waals surface area contributed by atoms with Crippen molar-refractivity contribution in [3.8, 4) is 6.07 Å². The highest BCUT2D eigenvalue weighted by Gasteiger charge is 2.17. The fourth-order valence-corrected chi connectivity index (χ4v) is 2.67. The van der Waals surface area contributed by atoms with Crippen LogP contribution in [0.5, 0.6) is 0 Å². The van der Waals surface area contributed by atoms with E-state index in [1.54, 1.807) is 13.2 Å². The summed E-state index contributed by atoms with van der Waals surface area (Å²) >= 11 is 0. The van der Waals surface area contributed by atoms with Gasteiger partial charge in [0.2, 0.25) is 0 Å². The van der Waals surface area contributed by atoms with Crippen molar-refractivity contribution < 1.29 is 23.9 Å². The highest BCUT2D eigenvalue weighted by molar-refractivity contribution is 6.00. The lowest BCUT2D eigenvalue weighted by Crippen LogP contribution is -2.39. The zero-order chi connectivity index (χ0) is 20.6. The van der Waals surface area contributed by atoms with Crippen molar-refractivity contribution in [3.63, 3.8) is 0 Å². The number of nitrogens with zero attached hydrogens (tertiary/aromatic N) is 2. The van der Waals surface area contributed by atoms with Crippen molar-refractivity contribution in [2.75, 3.05) is 27.4 Å². The average Bonchev–Trinajstić information content (AvgIpc) is 2.90. The van der Waals surface area contributed by atoms with E-state index in [1.165, 1.54) is 13.1 Å². The number of carbonyl (C=O) groups is 3. The van der Waals surface area contributed by atoms with Crippen LogP contribution in [0.2, 0.25) is 0 Å². The Hall–Kier alpha value is -3.12. The number of aryl methyl sites for hydroxylation is 1. The predicted molar refractivity (Wildman–Crippen MR) is 97.6 cm³/mol. The molecule has 0 aliphatic rings. The first kappa shape index (κ1) is 21.9. The third-order valence-electron chi connectivity index (χ3n) is 3.83. The molecular weight excluding hydrogens is 352 g/mol. The summed E-state index contributed by atoms with van der Waals surface area (Å²) < 4.78 is 12.0. The van der Waals surface area contributed by atoms with Gasteiger partial charge < -0.3 is 19.4 Å². The predicted octanol–water partition coefficient (Wildman–Crippen LogP) is 1.22. The molecule has 9 nitrogen and oxygen atoms in total. The second kappa shape index (κ2) is 10.1. The molecule has 1 aromatic rings. The van der Waals surface area contributed by atoms with Crippen LogP contribution in [-0.4, -0.2) is 49.8 Å². The van der Waals surface area contributed by atoms with Gasteiger partial charge in [-0.05, 0) is 38.5 Å². The summed E-state index contributed by atoms with van der Waals surface area (Å²) in [6.45, 7) is 5.65. The molecule has 0 saturated carbocycles. The maximum atomic E-state index is 12.1.